The average molecular weight is 571 g/mol. The van der Waals surface area contributed by atoms with Gasteiger partial charge in [-0.25, -0.2) is 18.0 Å². The second-order valence-electron chi connectivity index (χ2n) is 8.27. The molecule has 0 aliphatic carbocycles. The zero-order chi connectivity index (χ0) is 29.2. The van der Waals surface area contributed by atoms with Crippen LogP contribution in [0.2, 0.25) is 0 Å². The summed E-state index contributed by atoms with van der Waals surface area (Å²) in [6, 6.07) is 10.1. The normalized spacial score (nSPS) is 12.2. The monoisotopic (exact) mass is 570 g/mol. The molecule has 0 spiro atoms. The van der Waals surface area contributed by atoms with Gasteiger partial charge in [0.05, 0.1) is 30.1 Å². The molecule has 15 heteroatoms. The molecule has 0 fully saturated rings. The fraction of sp³-hybridized carbons (Fsp3) is 0.375. The molecule has 0 unspecified atom stereocenters. The summed E-state index contributed by atoms with van der Waals surface area (Å²) in [5.41, 5.74) is 1.59. The summed E-state index contributed by atoms with van der Waals surface area (Å²) in [5, 5.41) is 17.5. The first-order chi connectivity index (χ1) is 18.4. The van der Waals surface area contributed by atoms with Crippen LogP contribution in [0.25, 0.3) is 10.8 Å². The Labute approximate surface area is 226 Å². The van der Waals surface area contributed by atoms with Gasteiger partial charge in [-0.15, -0.1) is 0 Å². The van der Waals surface area contributed by atoms with E-state index in [1.165, 1.54) is 6.07 Å². The molecule has 0 bridgehead atoms. The van der Waals surface area contributed by atoms with Gasteiger partial charge in [0.25, 0.3) is 10.0 Å². The van der Waals surface area contributed by atoms with Crippen molar-refractivity contribution in [2.24, 2.45) is 5.90 Å². The van der Waals surface area contributed by atoms with Crippen LogP contribution in [0.15, 0.2) is 64.9 Å². The number of fused-ring (bicyclic) bond motifs is 1. The van der Waals surface area contributed by atoms with Crippen molar-refractivity contribution in [3.63, 3.8) is 0 Å². The predicted molar refractivity (Wildman–Crippen MR) is 140 cm³/mol. The van der Waals surface area contributed by atoms with E-state index in [4.69, 9.17) is 35.4 Å². The van der Waals surface area contributed by atoms with Crippen molar-refractivity contribution < 1.29 is 47.5 Å². The van der Waals surface area contributed by atoms with Crippen molar-refractivity contribution in [1.82, 2.24) is 9.70 Å². The molecule has 0 aliphatic heterocycles. The Morgan fingerprint density at radius 3 is 2.23 bits per heavy atom. The largest absolute Gasteiger partial charge is 0.510 e. The molecule has 2 rings (SSSR count). The van der Waals surface area contributed by atoms with Gasteiger partial charge in [-0.3, -0.25) is 10.4 Å². The maximum Gasteiger partial charge on any atom is 0.510 e. The van der Waals surface area contributed by atoms with Crippen molar-refractivity contribution in [3.8, 4) is 0 Å². The molecule has 0 amide bonds. The lowest BCUT2D eigenvalue weighted by Gasteiger charge is -2.27. The van der Waals surface area contributed by atoms with Gasteiger partial charge in [-0.2, -0.15) is 10.2 Å². The maximum absolute atomic E-state index is 14.0. The average Bonchev–Trinajstić information content (AvgIpc) is 2.88. The summed E-state index contributed by atoms with van der Waals surface area (Å²) >= 11 is 0. The van der Waals surface area contributed by atoms with Crippen molar-refractivity contribution in [1.29, 1.82) is 0 Å². The molecule has 2 aromatic rings. The zero-order valence-corrected chi connectivity index (χ0v) is 23.0. The van der Waals surface area contributed by atoms with Crippen LogP contribution in [0.4, 0.5) is 10.5 Å². The van der Waals surface area contributed by atoms with Gasteiger partial charge in [0.15, 0.2) is 6.73 Å². The second kappa shape index (κ2) is 14.6. The Balaban J connectivity index is 2.31. The maximum atomic E-state index is 14.0. The second-order valence-corrected chi connectivity index (χ2v) is 10.1. The number of carbonyl (C=O) groups is 1. The fourth-order valence-electron chi connectivity index (χ4n) is 3.37. The molecular weight excluding hydrogens is 536 g/mol. The molecule has 14 nitrogen and oxygen atoms in total. The molecule has 0 saturated carbocycles. The highest BCUT2D eigenvalue weighted by molar-refractivity contribution is 7.89. The third-order valence-electron chi connectivity index (χ3n) is 5.39. The van der Waals surface area contributed by atoms with Gasteiger partial charge in [0, 0.05) is 36.1 Å². The minimum Gasteiger partial charge on any atom is -0.432 e. The topological polar surface area (TPSA) is 174 Å². The van der Waals surface area contributed by atoms with E-state index in [0.717, 1.165) is 9.99 Å². The standard InChI is InChI=1S/C24H34N4O10S/c1-17(2)18(3)23(38-25)27(16-36-24(29)35-14-12-34-13-15-37-28(30)31)39(32,33)22-11-7-8-19-20(22)9-6-10-21(19)26(4)5/h6-11,30-31H,1,12-16,25H2,2-5H3/b23-18-. The lowest BCUT2D eigenvalue weighted by molar-refractivity contribution is -0.493. The van der Waals surface area contributed by atoms with Crippen LogP contribution in [-0.4, -0.2) is 81.9 Å². The number of rotatable bonds is 15. The minimum absolute atomic E-state index is 0.0230. The van der Waals surface area contributed by atoms with Gasteiger partial charge in [-0.1, -0.05) is 30.8 Å². The van der Waals surface area contributed by atoms with E-state index >= 15 is 0 Å². The molecule has 39 heavy (non-hydrogen) atoms. The van der Waals surface area contributed by atoms with E-state index in [9.17, 15) is 13.2 Å². The highest BCUT2D eigenvalue weighted by Crippen LogP contribution is 2.33. The number of sulfonamides is 1. The van der Waals surface area contributed by atoms with Crippen molar-refractivity contribution in [2.75, 3.05) is 52.2 Å². The third kappa shape index (κ3) is 8.52. The van der Waals surface area contributed by atoms with Gasteiger partial charge in [0.2, 0.25) is 5.88 Å². The van der Waals surface area contributed by atoms with E-state index in [0.29, 0.717) is 21.9 Å². The SMILES string of the molecule is C=C(C)/C(C)=C(\ON)N(COC(=O)OCCOCCON(O)O)S(=O)(=O)c1cccc2c(N(C)C)cccc12. The predicted octanol–water partition coefficient (Wildman–Crippen LogP) is 2.73. The number of benzene rings is 2. The van der Waals surface area contributed by atoms with Crippen LogP contribution < -0.4 is 10.8 Å². The minimum atomic E-state index is -4.40. The molecule has 4 N–H and O–H groups in total. The molecule has 2 aromatic carbocycles. The van der Waals surface area contributed by atoms with Crippen LogP contribution in [0, 0.1) is 0 Å². The first-order valence-electron chi connectivity index (χ1n) is 11.5. The van der Waals surface area contributed by atoms with Crippen molar-refractivity contribution in [2.45, 2.75) is 18.7 Å². The Morgan fingerprint density at radius 2 is 1.62 bits per heavy atom. The highest BCUT2D eigenvalue weighted by Gasteiger charge is 2.32. The van der Waals surface area contributed by atoms with Crippen LogP contribution in [0.5, 0.6) is 0 Å². The number of carbonyl (C=O) groups excluding carboxylic acids is 1. The third-order valence-corrected chi connectivity index (χ3v) is 7.15. The summed E-state index contributed by atoms with van der Waals surface area (Å²) in [4.78, 5) is 23.3. The Hall–Kier alpha value is -3.44. The van der Waals surface area contributed by atoms with E-state index in [1.54, 1.807) is 38.1 Å². The van der Waals surface area contributed by atoms with Gasteiger partial charge in [-0.05, 0) is 31.6 Å². The van der Waals surface area contributed by atoms with Crippen LogP contribution in [-0.2, 0) is 33.9 Å². The number of nitrogens with two attached hydrogens (primary N) is 1. The summed E-state index contributed by atoms with van der Waals surface area (Å²) in [6.45, 7) is 5.71. The fourth-order valence-corrected chi connectivity index (χ4v) is 4.90. The smallest absolute Gasteiger partial charge is 0.432 e. The van der Waals surface area contributed by atoms with Crippen molar-refractivity contribution >= 4 is 32.6 Å². The summed E-state index contributed by atoms with van der Waals surface area (Å²) in [5.74, 6) is 5.19. The number of hydrogen-bond acceptors (Lipinski definition) is 13. The van der Waals surface area contributed by atoms with E-state index < -0.39 is 28.3 Å². The summed E-state index contributed by atoms with van der Waals surface area (Å²) < 4.78 is 43.8. The molecule has 0 saturated heterocycles. The van der Waals surface area contributed by atoms with E-state index in [2.05, 4.69) is 11.4 Å². The lowest BCUT2D eigenvalue weighted by Crippen LogP contribution is -2.36. The van der Waals surface area contributed by atoms with Crippen LogP contribution >= 0.6 is 0 Å². The van der Waals surface area contributed by atoms with Crippen LogP contribution in [0.1, 0.15) is 13.8 Å². The zero-order valence-electron chi connectivity index (χ0n) is 22.2. The van der Waals surface area contributed by atoms with Crippen LogP contribution in [0.3, 0.4) is 0 Å². The Bertz CT molecular complexity index is 1280. The number of nitrogens with zero attached hydrogens (tertiary/aromatic N) is 3. The molecule has 0 radical (unpaired) electrons. The van der Waals surface area contributed by atoms with E-state index in [1.807, 2.05) is 25.1 Å². The quantitative estimate of drug-likeness (QED) is 0.0713. The first kappa shape index (κ1) is 31.8. The first-order valence-corrected chi connectivity index (χ1v) is 13.0. The number of hydrogen-bond donors (Lipinski definition) is 3. The van der Waals surface area contributed by atoms with Gasteiger partial charge < -0.3 is 23.9 Å². The number of allylic oxidation sites excluding steroid dienone is 2. The highest BCUT2D eigenvalue weighted by atomic mass is 32.2. The number of ether oxygens (including phenoxy) is 3. The molecule has 0 atom stereocenters. The van der Waals surface area contributed by atoms with Gasteiger partial charge in [0.1, 0.15) is 6.61 Å². The van der Waals surface area contributed by atoms with E-state index in [-0.39, 0.29) is 37.2 Å². The molecule has 0 aliphatic rings. The van der Waals surface area contributed by atoms with Gasteiger partial charge >= 0.3 is 6.16 Å². The molecular formula is C24H34N4O10S. The molecule has 0 heterocycles. The summed E-state index contributed by atoms with van der Waals surface area (Å²) in [7, 11) is -0.714. The molecule has 216 valence electrons. The summed E-state index contributed by atoms with van der Waals surface area (Å²) in [6.07, 6.45) is -1.18. The van der Waals surface area contributed by atoms with Crippen molar-refractivity contribution in [3.05, 3.63) is 60.0 Å². The Morgan fingerprint density at radius 1 is 0.974 bits per heavy atom. The molecule has 0 aromatic heterocycles. The lowest BCUT2D eigenvalue weighted by atomic mass is 10.1. The number of anilines is 1. The Kier molecular flexibility index (Phi) is 11.9.